The maximum atomic E-state index is 4.04. The quantitative estimate of drug-likeness (QED) is 0.834. The van der Waals surface area contributed by atoms with Crippen LogP contribution in [0.1, 0.15) is 22.9 Å². The zero-order valence-corrected chi connectivity index (χ0v) is 11.9. The lowest BCUT2D eigenvalue weighted by Gasteiger charge is -2.25. The first-order valence-electron chi connectivity index (χ1n) is 6.59. The number of nitrogens with zero attached hydrogens (tertiary/aromatic N) is 2. The molecule has 1 heterocycles. The van der Waals surface area contributed by atoms with Gasteiger partial charge in [0.05, 0.1) is 6.20 Å². The van der Waals surface area contributed by atoms with Gasteiger partial charge in [-0.25, -0.2) is 0 Å². The van der Waals surface area contributed by atoms with Crippen molar-refractivity contribution in [1.82, 2.24) is 20.4 Å². The third-order valence-corrected chi connectivity index (χ3v) is 3.40. The minimum Gasteiger partial charge on any atom is -0.311 e. The molecule has 1 atom stereocenters. The summed E-state index contributed by atoms with van der Waals surface area (Å²) in [6.45, 7) is 3.81. The van der Waals surface area contributed by atoms with Crippen LogP contribution in [0.2, 0.25) is 0 Å². The van der Waals surface area contributed by atoms with Crippen molar-refractivity contribution < 1.29 is 0 Å². The first-order chi connectivity index (χ1) is 9.18. The van der Waals surface area contributed by atoms with Gasteiger partial charge in [0.1, 0.15) is 0 Å². The molecule has 0 aliphatic rings. The van der Waals surface area contributed by atoms with E-state index in [9.17, 15) is 0 Å². The molecule has 1 aromatic heterocycles. The van der Waals surface area contributed by atoms with Crippen molar-refractivity contribution in [3.63, 3.8) is 0 Å². The van der Waals surface area contributed by atoms with E-state index in [1.807, 2.05) is 13.1 Å². The van der Waals surface area contributed by atoms with Gasteiger partial charge < -0.3 is 10.2 Å². The third-order valence-electron chi connectivity index (χ3n) is 3.40. The number of benzene rings is 1. The number of hydrogen-bond donors (Lipinski definition) is 2. The SMILES string of the molecule is Cc1[nH]ncc1CNCC(c1ccccc1)N(C)C. The Hall–Kier alpha value is -1.65. The van der Waals surface area contributed by atoms with Crippen LogP contribution in [0.25, 0.3) is 0 Å². The molecule has 2 N–H and O–H groups in total. The second kappa shape index (κ2) is 6.50. The molecule has 2 rings (SSSR count). The minimum absolute atomic E-state index is 0.383. The van der Waals surface area contributed by atoms with E-state index in [4.69, 9.17) is 0 Å². The first-order valence-corrected chi connectivity index (χ1v) is 6.59. The zero-order chi connectivity index (χ0) is 13.7. The Balaban J connectivity index is 1.93. The highest BCUT2D eigenvalue weighted by Gasteiger charge is 2.13. The predicted octanol–water partition coefficient (Wildman–Crippen LogP) is 2.11. The van der Waals surface area contributed by atoms with E-state index in [2.05, 4.69) is 64.8 Å². The predicted molar refractivity (Wildman–Crippen MR) is 77.9 cm³/mol. The Morgan fingerprint density at radius 3 is 2.58 bits per heavy atom. The number of aromatic nitrogens is 2. The Kier molecular flexibility index (Phi) is 4.71. The van der Waals surface area contributed by atoms with Crippen LogP contribution in [0.4, 0.5) is 0 Å². The average molecular weight is 258 g/mol. The van der Waals surface area contributed by atoms with Crippen LogP contribution < -0.4 is 5.32 Å². The summed E-state index contributed by atoms with van der Waals surface area (Å²) in [5.41, 5.74) is 3.70. The number of likely N-dealkylation sites (N-methyl/N-ethyl adjacent to an activating group) is 1. The fourth-order valence-corrected chi connectivity index (χ4v) is 2.17. The smallest absolute Gasteiger partial charge is 0.0535 e. The second-order valence-corrected chi connectivity index (χ2v) is 5.04. The van der Waals surface area contributed by atoms with Crippen molar-refractivity contribution in [3.05, 3.63) is 53.3 Å². The van der Waals surface area contributed by atoms with Crippen LogP contribution in [-0.4, -0.2) is 35.7 Å². The summed E-state index contributed by atoms with van der Waals surface area (Å²) in [4.78, 5) is 2.24. The standard InChI is InChI=1S/C15H22N4/c1-12-14(10-17-18-12)9-16-11-15(19(2)3)13-7-5-4-6-8-13/h4-8,10,15-16H,9,11H2,1-3H3,(H,17,18). The van der Waals surface area contributed by atoms with Crippen LogP contribution >= 0.6 is 0 Å². The summed E-state index contributed by atoms with van der Waals surface area (Å²) in [5, 5.41) is 10.5. The normalized spacial score (nSPS) is 12.8. The summed E-state index contributed by atoms with van der Waals surface area (Å²) >= 11 is 0. The van der Waals surface area contributed by atoms with E-state index < -0.39 is 0 Å². The molecule has 0 bridgehead atoms. The molecule has 0 saturated carbocycles. The van der Waals surface area contributed by atoms with Crippen LogP contribution in [0.5, 0.6) is 0 Å². The Morgan fingerprint density at radius 2 is 2.00 bits per heavy atom. The first kappa shape index (κ1) is 13.8. The lowest BCUT2D eigenvalue weighted by Crippen LogP contribution is -2.30. The monoisotopic (exact) mass is 258 g/mol. The summed E-state index contributed by atoms with van der Waals surface area (Å²) in [6.07, 6.45) is 1.88. The molecule has 0 saturated heterocycles. The van der Waals surface area contributed by atoms with Gasteiger partial charge in [-0.2, -0.15) is 5.10 Å². The summed E-state index contributed by atoms with van der Waals surface area (Å²) in [5.74, 6) is 0. The van der Waals surface area contributed by atoms with Crippen molar-refractivity contribution in [3.8, 4) is 0 Å². The lowest BCUT2D eigenvalue weighted by atomic mass is 10.1. The molecule has 0 aliphatic heterocycles. The molecule has 102 valence electrons. The molecular weight excluding hydrogens is 236 g/mol. The molecule has 4 heteroatoms. The molecular formula is C15H22N4. The molecule has 19 heavy (non-hydrogen) atoms. The van der Waals surface area contributed by atoms with Crippen molar-refractivity contribution in [2.75, 3.05) is 20.6 Å². The summed E-state index contributed by atoms with van der Waals surface area (Å²) < 4.78 is 0. The van der Waals surface area contributed by atoms with Crippen LogP contribution in [0, 0.1) is 6.92 Å². The highest BCUT2D eigenvalue weighted by molar-refractivity contribution is 5.19. The van der Waals surface area contributed by atoms with Gasteiger partial charge in [-0.3, -0.25) is 5.10 Å². The Labute approximate surface area is 114 Å². The molecule has 0 aliphatic carbocycles. The highest BCUT2D eigenvalue weighted by atomic mass is 15.1. The number of rotatable bonds is 6. The Bertz CT molecular complexity index is 490. The fourth-order valence-electron chi connectivity index (χ4n) is 2.17. The molecule has 0 amide bonds. The number of H-pyrrole nitrogens is 1. The van der Waals surface area contributed by atoms with E-state index in [-0.39, 0.29) is 0 Å². The van der Waals surface area contributed by atoms with Crippen LogP contribution in [0.15, 0.2) is 36.5 Å². The van der Waals surface area contributed by atoms with Crippen molar-refractivity contribution in [1.29, 1.82) is 0 Å². The zero-order valence-electron chi connectivity index (χ0n) is 11.9. The Morgan fingerprint density at radius 1 is 1.26 bits per heavy atom. The molecule has 1 unspecified atom stereocenters. The minimum atomic E-state index is 0.383. The topological polar surface area (TPSA) is 44.0 Å². The maximum Gasteiger partial charge on any atom is 0.0535 e. The van der Waals surface area contributed by atoms with Gasteiger partial charge in [-0.05, 0) is 26.6 Å². The molecule has 0 radical (unpaired) electrons. The number of aromatic amines is 1. The van der Waals surface area contributed by atoms with E-state index in [0.717, 1.165) is 18.8 Å². The largest absolute Gasteiger partial charge is 0.311 e. The average Bonchev–Trinajstić information content (AvgIpc) is 2.81. The van der Waals surface area contributed by atoms with Crippen molar-refractivity contribution >= 4 is 0 Å². The van der Waals surface area contributed by atoms with Gasteiger partial charge in [-0.1, -0.05) is 30.3 Å². The molecule has 0 spiro atoms. The van der Waals surface area contributed by atoms with Crippen molar-refractivity contribution in [2.45, 2.75) is 19.5 Å². The van der Waals surface area contributed by atoms with E-state index in [1.54, 1.807) is 0 Å². The maximum absolute atomic E-state index is 4.04. The number of hydrogen-bond acceptors (Lipinski definition) is 3. The van der Waals surface area contributed by atoms with E-state index in [1.165, 1.54) is 11.1 Å². The highest BCUT2D eigenvalue weighted by Crippen LogP contribution is 2.16. The van der Waals surface area contributed by atoms with Crippen molar-refractivity contribution in [2.24, 2.45) is 0 Å². The number of nitrogens with one attached hydrogen (secondary N) is 2. The third kappa shape index (κ3) is 3.66. The van der Waals surface area contributed by atoms with Crippen LogP contribution in [0.3, 0.4) is 0 Å². The summed E-state index contributed by atoms with van der Waals surface area (Å²) in [7, 11) is 4.23. The number of aryl methyl sites for hydroxylation is 1. The van der Waals surface area contributed by atoms with Gasteiger partial charge in [0.25, 0.3) is 0 Å². The van der Waals surface area contributed by atoms with Gasteiger partial charge >= 0.3 is 0 Å². The fraction of sp³-hybridized carbons (Fsp3) is 0.400. The molecule has 0 fully saturated rings. The van der Waals surface area contributed by atoms with Crippen LogP contribution in [-0.2, 0) is 6.54 Å². The molecule has 1 aromatic carbocycles. The van der Waals surface area contributed by atoms with Gasteiger partial charge in [0.2, 0.25) is 0 Å². The van der Waals surface area contributed by atoms with Gasteiger partial charge in [-0.15, -0.1) is 0 Å². The van der Waals surface area contributed by atoms with E-state index >= 15 is 0 Å². The van der Waals surface area contributed by atoms with E-state index in [0.29, 0.717) is 6.04 Å². The lowest BCUT2D eigenvalue weighted by molar-refractivity contribution is 0.288. The van der Waals surface area contributed by atoms with Gasteiger partial charge in [0, 0.05) is 30.4 Å². The second-order valence-electron chi connectivity index (χ2n) is 5.04. The summed E-state index contributed by atoms with van der Waals surface area (Å²) in [6, 6.07) is 11.0. The molecule has 2 aromatic rings. The molecule has 4 nitrogen and oxygen atoms in total. The van der Waals surface area contributed by atoms with Gasteiger partial charge in [0.15, 0.2) is 0 Å².